The van der Waals surface area contributed by atoms with Crippen molar-refractivity contribution in [1.29, 1.82) is 0 Å². The number of carbonyl (C=O) groups is 1. The largest absolute Gasteiger partial charge is 0.497 e. The van der Waals surface area contributed by atoms with E-state index in [4.69, 9.17) is 9.47 Å². The Labute approximate surface area is 175 Å². The molecule has 1 aliphatic heterocycles. The number of piperidine rings is 1. The monoisotopic (exact) mass is 413 g/mol. The van der Waals surface area contributed by atoms with Gasteiger partial charge in [-0.3, -0.25) is 14.9 Å². The van der Waals surface area contributed by atoms with E-state index in [2.05, 4.69) is 12.2 Å². The Morgan fingerprint density at radius 1 is 1.17 bits per heavy atom. The molecule has 0 saturated carbocycles. The lowest BCUT2D eigenvalue weighted by atomic mass is 9.98. The van der Waals surface area contributed by atoms with Crippen molar-refractivity contribution in [2.75, 3.05) is 32.2 Å². The summed E-state index contributed by atoms with van der Waals surface area (Å²) in [6, 6.07) is 9.98. The van der Waals surface area contributed by atoms with Crippen LogP contribution < -0.4 is 19.7 Å². The van der Waals surface area contributed by atoms with Crippen LogP contribution in [0.2, 0.25) is 0 Å². The van der Waals surface area contributed by atoms with E-state index in [1.807, 2.05) is 4.90 Å². The van der Waals surface area contributed by atoms with Gasteiger partial charge < -0.3 is 19.7 Å². The summed E-state index contributed by atoms with van der Waals surface area (Å²) < 4.78 is 10.5. The molecule has 8 heteroatoms. The summed E-state index contributed by atoms with van der Waals surface area (Å²) in [6.07, 6.45) is 2.00. The van der Waals surface area contributed by atoms with E-state index in [0.717, 1.165) is 31.5 Å². The molecule has 3 rings (SSSR count). The fourth-order valence-electron chi connectivity index (χ4n) is 3.63. The van der Waals surface area contributed by atoms with E-state index in [1.165, 1.54) is 6.07 Å². The number of ether oxygens (including phenoxy) is 2. The van der Waals surface area contributed by atoms with Crippen LogP contribution in [0.25, 0.3) is 0 Å². The second-order valence-corrected chi connectivity index (χ2v) is 7.49. The molecule has 8 nitrogen and oxygen atoms in total. The van der Waals surface area contributed by atoms with Crippen molar-refractivity contribution in [2.24, 2.45) is 5.92 Å². The minimum atomic E-state index is -0.421. The van der Waals surface area contributed by atoms with E-state index in [9.17, 15) is 14.9 Å². The third kappa shape index (κ3) is 4.82. The van der Waals surface area contributed by atoms with Crippen molar-refractivity contribution in [3.8, 4) is 11.5 Å². The summed E-state index contributed by atoms with van der Waals surface area (Å²) in [6.45, 7) is 3.96. The molecule has 1 fully saturated rings. The molecule has 1 heterocycles. The van der Waals surface area contributed by atoms with Gasteiger partial charge in [-0.25, -0.2) is 0 Å². The van der Waals surface area contributed by atoms with Crippen LogP contribution in [0, 0.1) is 16.0 Å². The zero-order chi connectivity index (χ0) is 21.7. The van der Waals surface area contributed by atoms with Crippen LogP contribution in [0.5, 0.6) is 11.5 Å². The highest BCUT2D eigenvalue weighted by molar-refractivity contribution is 5.95. The summed E-state index contributed by atoms with van der Waals surface area (Å²) in [7, 11) is 3.12. The summed E-state index contributed by atoms with van der Waals surface area (Å²) in [5.74, 6) is 1.51. The average molecular weight is 413 g/mol. The fraction of sp³-hybridized carbons (Fsp3) is 0.409. The maximum atomic E-state index is 12.7. The molecule has 1 aliphatic rings. The number of amides is 1. The van der Waals surface area contributed by atoms with Crippen LogP contribution >= 0.6 is 0 Å². The van der Waals surface area contributed by atoms with Gasteiger partial charge in [0.2, 0.25) is 0 Å². The lowest BCUT2D eigenvalue weighted by Crippen LogP contribution is -2.33. The summed E-state index contributed by atoms with van der Waals surface area (Å²) in [5.41, 5.74) is 1.52. The van der Waals surface area contributed by atoms with Crippen LogP contribution in [0.3, 0.4) is 0 Å². The first-order chi connectivity index (χ1) is 14.4. The van der Waals surface area contributed by atoms with E-state index in [-0.39, 0.29) is 23.7 Å². The lowest BCUT2D eigenvalue weighted by Gasteiger charge is -2.31. The minimum absolute atomic E-state index is 0.0452. The van der Waals surface area contributed by atoms with Crippen molar-refractivity contribution < 1.29 is 19.2 Å². The number of nitro groups is 1. The number of hydrogen-bond acceptors (Lipinski definition) is 6. The van der Waals surface area contributed by atoms with Crippen LogP contribution in [0.1, 0.15) is 35.7 Å². The molecule has 0 spiro atoms. The van der Waals surface area contributed by atoms with Crippen LogP contribution in [-0.4, -0.2) is 38.1 Å². The van der Waals surface area contributed by atoms with Crippen LogP contribution in [0.4, 0.5) is 11.4 Å². The third-order valence-electron chi connectivity index (χ3n) is 5.49. The first kappa shape index (κ1) is 21.4. The standard InChI is InChI=1S/C22H27N3O5/c1-15-8-10-24(11-9-15)19-6-4-16(13-20(19)25(27)28)22(26)23-14-17-12-18(29-2)5-7-21(17)30-3/h4-7,12-13,15H,8-11,14H2,1-3H3,(H,23,26). The quantitative estimate of drug-likeness (QED) is 0.548. The number of nitrogens with one attached hydrogen (secondary N) is 1. The van der Waals surface area contributed by atoms with Gasteiger partial charge in [0, 0.05) is 36.8 Å². The topological polar surface area (TPSA) is 93.9 Å². The zero-order valence-corrected chi connectivity index (χ0v) is 17.5. The predicted octanol–water partition coefficient (Wildman–Crippen LogP) is 3.78. The number of rotatable bonds is 7. The van der Waals surface area contributed by atoms with Gasteiger partial charge in [-0.05, 0) is 49.1 Å². The van der Waals surface area contributed by atoms with Gasteiger partial charge >= 0.3 is 0 Å². The fourth-order valence-corrected chi connectivity index (χ4v) is 3.63. The van der Waals surface area contributed by atoms with Crippen molar-refractivity contribution >= 4 is 17.3 Å². The zero-order valence-electron chi connectivity index (χ0n) is 17.5. The third-order valence-corrected chi connectivity index (χ3v) is 5.49. The second kappa shape index (κ2) is 9.47. The number of hydrogen-bond donors (Lipinski definition) is 1. The van der Waals surface area contributed by atoms with Crippen molar-refractivity contribution in [3.05, 3.63) is 57.6 Å². The molecule has 160 valence electrons. The summed E-state index contributed by atoms with van der Waals surface area (Å²) >= 11 is 0. The smallest absolute Gasteiger partial charge is 0.293 e. The van der Waals surface area contributed by atoms with Gasteiger partial charge in [-0.2, -0.15) is 0 Å². The molecule has 0 aliphatic carbocycles. The molecule has 1 N–H and O–H groups in total. The molecule has 2 aromatic rings. The number of benzene rings is 2. The Morgan fingerprint density at radius 3 is 2.53 bits per heavy atom. The van der Waals surface area contributed by atoms with Gasteiger partial charge in [0.25, 0.3) is 11.6 Å². The highest BCUT2D eigenvalue weighted by Crippen LogP contribution is 2.32. The van der Waals surface area contributed by atoms with E-state index >= 15 is 0 Å². The molecular formula is C22H27N3O5. The molecule has 0 radical (unpaired) electrons. The Kier molecular flexibility index (Phi) is 6.76. The van der Waals surface area contributed by atoms with Gasteiger partial charge in [0.15, 0.2) is 0 Å². The molecule has 1 saturated heterocycles. The van der Waals surface area contributed by atoms with Crippen molar-refractivity contribution in [3.63, 3.8) is 0 Å². The Hall–Kier alpha value is -3.29. The summed E-state index contributed by atoms with van der Waals surface area (Å²) in [5, 5.41) is 14.5. The number of nitro benzene ring substituents is 1. The maximum Gasteiger partial charge on any atom is 0.293 e. The Morgan fingerprint density at radius 2 is 1.90 bits per heavy atom. The second-order valence-electron chi connectivity index (χ2n) is 7.49. The number of methoxy groups -OCH3 is 2. The van der Waals surface area contributed by atoms with E-state index in [1.54, 1.807) is 44.6 Å². The van der Waals surface area contributed by atoms with Crippen LogP contribution in [0.15, 0.2) is 36.4 Å². The number of carbonyl (C=O) groups excluding carboxylic acids is 1. The predicted molar refractivity (Wildman–Crippen MR) is 114 cm³/mol. The average Bonchev–Trinajstić information content (AvgIpc) is 2.77. The molecule has 0 unspecified atom stereocenters. The van der Waals surface area contributed by atoms with Gasteiger partial charge in [-0.15, -0.1) is 0 Å². The van der Waals surface area contributed by atoms with E-state index < -0.39 is 4.92 Å². The van der Waals surface area contributed by atoms with Gasteiger partial charge in [-0.1, -0.05) is 6.92 Å². The lowest BCUT2D eigenvalue weighted by molar-refractivity contribution is -0.384. The summed E-state index contributed by atoms with van der Waals surface area (Å²) in [4.78, 5) is 25.9. The highest BCUT2D eigenvalue weighted by atomic mass is 16.6. The minimum Gasteiger partial charge on any atom is -0.497 e. The van der Waals surface area contributed by atoms with E-state index in [0.29, 0.717) is 23.1 Å². The molecule has 0 atom stereocenters. The highest BCUT2D eigenvalue weighted by Gasteiger charge is 2.24. The first-order valence-corrected chi connectivity index (χ1v) is 9.95. The van der Waals surface area contributed by atoms with Crippen LogP contribution in [-0.2, 0) is 6.54 Å². The molecule has 30 heavy (non-hydrogen) atoms. The Balaban J connectivity index is 1.76. The molecule has 1 amide bonds. The first-order valence-electron chi connectivity index (χ1n) is 9.95. The number of anilines is 1. The number of nitrogens with zero attached hydrogens (tertiary/aromatic N) is 2. The Bertz CT molecular complexity index is 923. The van der Waals surface area contributed by atoms with Crippen molar-refractivity contribution in [1.82, 2.24) is 5.32 Å². The molecule has 0 bridgehead atoms. The maximum absolute atomic E-state index is 12.7. The van der Waals surface area contributed by atoms with Gasteiger partial charge in [0.05, 0.1) is 19.1 Å². The molecule has 0 aromatic heterocycles. The molecule has 2 aromatic carbocycles. The molecular weight excluding hydrogens is 386 g/mol. The normalized spacial score (nSPS) is 14.3. The SMILES string of the molecule is COc1ccc(OC)c(CNC(=O)c2ccc(N3CCC(C)CC3)c([N+](=O)[O-])c2)c1. The van der Waals surface area contributed by atoms with Crippen molar-refractivity contribution in [2.45, 2.75) is 26.3 Å². The van der Waals surface area contributed by atoms with Gasteiger partial charge in [0.1, 0.15) is 17.2 Å².